The van der Waals surface area contributed by atoms with Crippen LogP contribution < -0.4 is 0 Å². The Kier molecular flexibility index (Phi) is 9.78. The van der Waals surface area contributed by atoms with Gasteiger partial charge in [0, 0.05) is 18.5 Å². The zero-order chi connectivity index (χ0) is 15.5. The summed E-state index contributed by atoms with van der Waals surface area (Å²) >= 11 is 0. The van der Waals surface area contributed by atoms with E-state index in [0.29, 0.717) is 11.9 Å². The van der Waals surface area contributed by atoms with E-state index in [1.54, 1.807) is 0 Å². The molecule has 1 fully saturated rings. The molecule has 0 saturated carbocycles. The molecule has 1 amide bonds. The first kappa shape index (κ1) is 18.5. The smallest absolute Gasteiger partial charge is 0.225 e. The molecule has 2 atom stereocenters. The van der Waals surface area contributed by atoms with Gasteiger partial charge in [-0.05, 0) is 38.5 Å². The summed E-state index contributed by atoms with van der Waals surface area (Å²) < 4.78 is 0. The Bertz CT molecular complexity index is 277. The van der Waals surface area contributed by atoms with Gasteiger partial charge in [0.2, 0.25) is 5.91 Å². The average Bonchev–Trinajstić information content (AvgIpc) is 2.52. The summed E-state index contributed by atoms with van der Waals surface area (Å²) in [6, 6.07) is 0.541. The van der Waals surface area contributed by atoms with Crippen molar-refractivity contribution in [3.05, 3.63) is 0 Å². The Hall–Kier alpha value is -0.530. The lowest BCUT2D eigenvalue weighted by Gasteiger charge is -2.38. The summed E-state index contributed by atoms with van der Waals surface area (Å²) in [7, 11) is 0. The number of hydrogen-bond donors (Lipinski definition) is 0. The van der Waals surface area contributed by atoms with Crippen LogP contribution in [0.25, 0.3) is 0 Å². The lowest BCUT2D eigenvalue weighted by molar-refractivity contribution is -0.139. The molecule has 1 aliphatic rings. The van der Waals surface area contributed by atoms with Crippen LogP contribution in [0.15, 0.2) is 0 Å². The molecule has 0 aromatic carbocycles. The second-order valence-corrected chi connectivity index (χ2v) is 6.78. The topological polar surface area (TPSA) is 20.3 Å². The molecule has 0 bridgehead atoms. The van der Waals surface area contributed by atoms with E-state index >= 15 is 0 Å². The van der Waals surface area contributed by atoms with Gasteiger partial charge in [-0.15, -0.1) is 0 Å². The van der Waals surface area contributed by atoms with Crippen molar-refractivity contribution in [3.8, 4) is 0 Å². The molecule has 124 valence electrons. The second kappa shape index (κ2) is 11.1. The molecule has 2 nitrogen and oxygen atoms in total. The van der Waals surface area contributed by atoms with E-state index in [4.69, 9.17) is 0 Å². The fraction of sp³-hybridized carbons (Fsp3) is 0.947. The Morgan fingerprint density at radius 2 is 1.81 bits per heavy atom. The van der Waals surface area contributed by atoms with Gasteiger partial charge in [-0.25, -0.2) is 0 Å². The minimum atomic E-state index is 0.279. The molecule has 1 heterocycles. The summed E-state index contributed by atoms with van der Waals surface area (Å²) in [5, 5.41) is 0. The van der Waals surface area contributed by atoms with Gasteiger partial charge in [0.25, 0.3) is 0 Å². The van der Waals surface area contributed by atoms with E-state index in [2.05, 4.69) is 25.7 Å². The number of carbonyl (C=O) groups excluding carboxylic acids is 1. The number of amides is 1. The first-order valence-corrected chi connectivity index (χ1v) is 9.55. The Labute approximate surface area is 132 Å². The van der Waals surface area contributed by atoms with Crippen LogP contribution in [0.1, 0.15) is 97.8 Å². The maximum absolute atomic E-state index is 12.9. The molecule has 0 N–H and O–H groups in total. The second-order valence-electron chi connectivity index (χ2n) is 6.78. The maximum Gasteiger partial charge on any atom is 0.225 e. The van der Waals surface area contributed by atoms with E-state index < -0.39 is 0 Å². The third-order valence-corrected chi connectivity index (χ3v) is 5.05. The van der Waals surface area contributed by atoms with Crippen LogP contribution in [0, 0.1) is 5.92 Å². The highest BCUT2D eigenvalue weighted by Crippen LogP contribution is 2.26. The summed E-state index contributed by atoms with van der Waals surface area (Å²) in [6.07, 6.45) is 14.8. The quantitative estimate of drug-likeness (QED) is 0.483. The summed E-state index contributed by atoms with van der Waals surface area (Å²) in [5.41, 5.74) is 0. The van der Waals surface area contributed by atoms with E-state index in [1.165, 1.54) is 64.2 Å². The van der Waals surface area contributed by atoms with E-state index in [-0.39, 0.29) is 5.92 Å². The van der Waals surface area contributed by atoms with E-state index in [0.717, 1.165) is 19.4 Å². The lowest BCUT2D eigenvalue weighted by atomic mass is 9.92. The molecule has 0 aliphatic carbocycles. The van der Waals surface area contributed by atoms with Crippen LogP contribution in [0.4, 0.5) is 0 Å². The van der Waals surface area contributed by atoms with Crippen molar-refractivity contribution < 1.29 is 4.79 Å². The van der Waals surface area contributed by atoms with Crippen molar-refractivity contribution in [2.24, 2.45) is 5.92 Å². The van der Waals surface area contributed by atoms with Crippen LogP contribution in [0.3, 0.4) is 0 Å². The van der Waals surface area contributed by atoms with E-state index in [1.807, 2.05) is 0 Å². The molecule has 1 aliphatic heterocycles. The molecule has 1 rings (SSSR count). The van der Waals surface area contributed by atoms with Crippen molar-refractivity contribution in [3.63, 3.8) is 0 Å². The average molecular weight is 296 g/mol. The molecule has 0 spiro atoms. The van der Waals surface area contributed by atoms with Gasteiger partial charge in [-0.1, -0.05) is 59.3 Å². The molecule has 21 heavy (non-hydrogen) atoms. The minimum Gasteiger partial charge on any atom is -0.339 e. The minimum absolute atomic E-state index is 0.279. The molecule has 2 heteroatoms. The van der Waals surface area contributed by atoms with Crippen molar-refractivity contribution in [1.29, 1.82) is 0 Å². The predicted octanol–water partition coefficient (Wildman–Crippen LogP) is 5.55. The summed E-state index contributed by atoms with van der Waals surface area (Å²) in [6.45, 7) is 7.67. The highest BCUT2D eigenvalue weighted by Gasteiger charge is 2.29. The normalized spacial score (nSPS) is 20.5. The largest absolute Gasteiger partial charge is 0.339 e. The summed E-state index contributed by atoms with van der Waals surface area (Å²) in [5.74, 6) is 0.743. The number of nitrogens with zero attached hydrogens (tertiary/aromatic N) is 1. The molecule has 1 saturated heterocycles. The Morgan fingerprint density at radius 3 is 2.48 bits per heavy atom. The number of rotatable bonds is 10. The first-order valence-electron chi connectivity index (χ1n) is 9.55. The SMILES string of the molecule is CCCCCCC1CCCCN1C(=O)C(CC)CCCC. The molecular weight excluding hydrogens is 258 g/mol. The molecule has 0 aromatic rings. The van der Waals surface area contributed by atoms with Gasteiger partial charge in [-0.2, -0.15) is 0 Å². The third-order valence-electron chi connectivity index (χ3n) is 5.05. The third kappa shape index (κ3) is 6.40. The van der Waals surface area contributed by atoms with Crippen molar-refractivity contribution in [2.75, 3.05) is 6.54 Å². The van der Waals surface area contributed by atoms with Crippen molar-refractivity contribution in [1.82, 2.24) is 4.90 Å². The Morgan fingerprint density at radius 1 is 1.05 bits per heavy atom. The van der Waals surface area contributed by atoms with Gasteiger partial charge in [-0.3, -0.25) is 4.79 Å². The lowest BCUT2D eigenvalue weighted by Crippen LogP contribution is -2.46. The number of hydrogen-bond acceptors (Lipinski definition) is 1. The van der Waals surface area contributed by atoms with Gasteiger partial charge in [0.1, 0.15) is 0 Å². The number of likely N-dealkylation sites (tertiary alicyclic amines) is 1. The molecule has 0 radical (unpaired) electrons. The molecule has 0 aromatic heterocycles. The first-order chi connectivity index (χ1) is 10.2. The number of unbranched alkanes of at least 4 members (excludes halogenated alkanes) is 4. The van der Waals surface area contributed by atoms with Crippen LogP contribution in [0.5, 0.6) is 0 Å². The van der Waals surface area contributed by atoms with Gasteiger partial charge in [0.05, 0.1) is 0 Å². The number of carbonyl (C=O) groups is 1. The van der Waals surface area contributed by atoms with Crippen molar-refractivity contribution >= 4 is 5.91 Å². The summed E-state index contributed by atoms with van der Waals surface area (Å²) in [4.78, 5) is 15.1. The maximum atomic E-state index is 12.9. The predicted molar refractivity (Wildman–Crippen MR) is 91.4 cm³/mol. The van der Waals surface area contributed by atoms with Crippen LogP contribution in [-0.2, 0) is 4.79 Å². The molecular formula is C19H37NO. The van der Waals surface area contributed by atoms with Crippen LogP contribution >= 0.6 is 0 Å². The number of piperidine rings is 1. The van der Waals surface area contributed by atoms with Gasteiger partial charge in [0.15, 0.2) is 0 Å². The highest BCUT2D eigenvalue weighted by atomic mass is 16.2. The van der Waals surface area contributed by atoms with Gasteiger partial charge >= 0.3 is 0 Å². The van der Waals surface area contributed by atoms with Crippen LogP contribution in [-0.4, -0.2) is 23.4 Å². The Balaban J connectivity index is 2.51. The fourth-order valence-electron chi connectivity index (χ4n) is 3.58. The molecule has 2 unspecified atom stereocenters. The monoisotopic (exact) mass is 295 g/mol. The van der Waals surface area contributed by atoms with Crippen LogP contribution in [0.2, 0.25) is 0 Å². The fourth-order valence-corrected chi connectivity index (χ4v) is 3.58. The van der Waals surface area contributed by atoms with Gasteiger partial charge < -0.3 is 4.90 Å². The zero-order valence-electron chi connectivity index (χ0n) is 14.7. The standard InChI is InChI=1S/C19H37NO/c1-4-7-9-10-14-18-15-11-12-16-20(18)19(21)17(6-3)13-8-5-2/h17-18H,4-16H2,1-3H3. The zero-order valence-corrected chi connectivity index (χ0v) is 14.7. The highest BCUT2D eigenvalue weighted by molar-refractivity contribution is 5.79. The van der Waals surface area contributed by atoms with Crippen molar-refractivity contribution in [2.45, 2.75) is 104 Å². The van der Waals surface area contributed by atoms with E-state index in [9.17, 15) is 4.79 Å².